The van der Waals surface area contributed by atoms with Crippen LogP contribution < -0.4 is 5.46 Å². The molecule has 0 N–H and O–H groups in total. The van der Waals surface area contributed by atoms with E-state index in [-0.39, 0.29) is 0 Å². The van der Waals surface area contributed by atoms with Crippen LogP contribution in [0.4, 0.5) is 0 Å². The van der Waals surface area contributed by atoms with Crippen molar-refractivity contribution in [1.29, 1.82) is 0 Å². The molecule has 1 aromatic carbocycles. The second-order valence-corrected chi connectivity index (χ2v) is 3.17. The Bertz CT molecular complexity index is 525. The van der Waals surface area contributed by atoms with E-state index in [2.05, 4.69) is 9.72 Å². The number of benzene rings is 1. The van der Waals surface area contributed by atoms with Gasteiger partial charge in [0.2, 0.25) is 0 Å². The Morgan fingerprint density at radius 3 is 2.93 bits per heavy atom. The summed E-state index contributed by atoms with van der Waals surface area (Å²) < 4.78 is 4.61. The van der Waals surface area contributed by atoms with E-state index in [1.54, 1.807) is 18.2 Å². The predicted octanol–water partition coefficient (Wildman–Crippen LogP) is 0.815. The highest BCUT2D eigenvalue weighted by molar-refractivity contribution is 6.33. The fourth-order valence-corrected chi connectivity index (χ4v) is 1.38. The molecular weight excluding hydrogens is 189 g/mol. The minimum absolute atomic E-state index is 0.396. The fraction of sp³-hybridized carbons (Fsp3) is 0.0909. The van der Waals surface area contributed by atoms with Gasteiger partial charge in [-0.05, 0) is 12.1 Å². The SMILES string of the molecule is [B]c1ccc2ncc(C(=O)OC)cc2c1. The van der Waals surface area contributed by atoms with E-state index >= 15 is 0 Å². The largest absolute Gasteiger partial charge is 0.465 e. The van der Waals surface area contributed by atoms with Gasteiger partial charge >= 0.3 is 5.97 Å². The van der Waals surface area contributed by atoms with E-state index in [0.29, 0.717) is 11.0 Å². The van der Waals surface area contributed by atoms with Crippen LogP contribution in [0.5, 0.6) is 0 Å². The van der Waals surface area contributed by atoms with Gasteiger partial charge in [0.1, 0.15) is 7.85 Å². The zero-order valence-electron chi connectivity index (χ0n) is 8.23. The third-order valence-corrected chi connectivity index (χ3v) is 2.13. The number of carbonyl (C=O) groups is 1. The normalized spacial score (nSPS) is 10.2. The summed E-state index contributed by atoms with van der Waals surface area (Å²) in [7, 11) is 6.98. The summed E-state index contributed by atoms with van der Waals surface area (Å²) in [5.41, 5.74) is 1.87. The van der Waals surface area contributed by atoms with Crippen molar-refractivity contribution in [2.24, 2.45) is 0 Å². The van der Waals surface area contributed by atoms with Gasteiger partial charge < -0.3 is 4.74 Å². The molecule has 0 aliphatic heterocycles. The lowest BCUT2D eigenvalue weighted by Gasteiger charge is -2.02. The van der Waals surface area contributed by atoms with Crippen LogP contribution in [0.3, 0.4) is 0 Å². The molecule has 2 rings (SSSR count). The van der Waals surface area contributed by atoms with Crippen LogP contribution in [-0.4, -0.2) is 25.9 Å². The Morgan fingerprint density at radius 1 is 1.40 bits per heavy atom. The van der Waals surface area contributed by atoms with Gasteiger partial charge in [-0.25, -0.2) is 4.79 Å². The van der Waals surface area contributed by atoms with Crippen molar-refractivity contribution in [2.75, 3.05) is 7.11 Å². The third-order valence-electron chi connectivity index (χ3n) is 2.13. The molecule has 2 radical (unpaired) electrons. The average Bonchev–Trinajstić information content (AvgIpc) is 2.27. The number of fused-ring (bicyclic) bond motifs is 1. The van der Waals surface area contributed by atoms with E-state index < -0.39 is 5.97 Å². The lowest BCUT2D eigenvalue weighted by Crippen LogP contribution is -2.04. The van der Waals surface area contributed by atoms with Crippen molar-refractivity contribution in [3.8, 4) is 0 Å². The van der Waals surface area contributed by atoms with Crippen LogP contribution >= 0.6 is 0 Å². The molecule has 0 fully saturated rings. The van der Waals surface area contributed by atoms with Crippen molar-refractivity contribution in [3.63, 3.8) is 0 Å². The number of aromatic nitrogens is 1. The Kier molecular flexibility index (Phi) is 2.41. The summed E-state index contributed by atoms with van der Waals surface area (Å²) in [6.07, 6.45) is 1.49. The Morgan fingerprint density at radius 2 is 2.20 bits per heavy atom. The zero-order valence-corrected chi connectivity index (χ0v) is 8.23. The topological polar surface area (TPSA) is 39.2 Å². The molecule has 0 aliphatic rings. The number of nitrogens with zero attached hydrogens (tertiary/aromatic N) is 1. The maximum absolute atomic E-state index is 11.2. The molecule has 72 valence electrons. The Labute approximate surface area is 88.5 Å². The first-order valence-corrected chi connectivity index (χ1v) is 4.44. The molecule has 0 aliphatic carbocycles. The van der Waals surface area contributed by atoms with Gasteiger partial charge in [-0.1, -0.05) is 17.6 Å². The van der Waals surface area contributed by atoms with Crippen LogP contribution in [0, 0.1) is 0 Å². The summed E-state index contributed by atoms with van der Waals surface area (Å²) in [5, 5.41) is 0.831. The number of carbonyl (C=O) groups excluding carboxylic acids is 1. The van der Waals surface area contributed by atoms with Crippen molar-refractivity contribution < 1.29 is 9.53 Å². The third kappa shape index (κ3) is 1.84. The molecule has 0 unspecified atom stereocenters. The molecule has 15 heavy (non-hydrogen) atoms. The van der Waals surface area contributed by atoms with Gasteiger partial charge in [0.15, 0.2) is 0 Å². The van der Waals surface area contributed by atoms with E-state index in [9.17, 15) is 4.79 Å². The maximum Gasteiger partial charge on any atom is 0.339 e. The summed E-state index contributed by atoms with van der Waals surface area (Å²) in [6, 6.07) is 7.07. The van der Waals surface area contributed by atoms with Gasteiger partial charge in [-0.15, -0.1) is 0 Å². The number of hydrogen-bond donors (Lipinski definition) is 0. The molecule has 0 spiro atoms. The first-order chi connectivity index (χ1) is 7.20. The standard InChI is InChI=1S/C11H8BNO2/c1-15-11(14)8-4-7-5-9(12)2-3-10(7)13-6-8/h2-6H,1H3. The van der Waals surface area contributed by atoms with Crippen LogP contribution in [0.1, 0.15) is 10.4 Å². The molecular formula is C11H8BNO2. The van der Waals surface area contributed by atoms with Crippen molar-refractivity contribution in [3.05, 3.63) is 36.0 Å². The molecule has 0 saturated heterocycles. The van der Waals surface area contributed by atoms with Crippen LogP contribution in [0.15, 0.2) is 30.5 Å². The molecule has 2 aromatic rings. The molecule has 4 heteroatoms. The summed E-state index contributed by atoms with van der Waals surface area (Å²) in [5.74, 6) is -0.396. The maximum atomic E-state index is 11.2. The number of ether oxygens (including phenoxy) is 1. The van der Waals surface area contributed by atoms with Crippen molar-refractivity contribution in [2.45, 2.75) is 0 Å². The molecule has 3 nitrogen and oxygen atoms in total. The lowest BCUT2D eigenvalue weighted by atomic mass is 9.94. The van der Waals surface area contributed by atoms with Gasteiger partial charge in [0.05, 0.1) is 18.2 Å². The summed E-state index contributed by atoms with van der Waals surface area (Å²) in [4.78, 5) is 15.4. The van der Waals surface area contributed by atoms with Crippen molar-refractivity contribution >= 4 is 30.2 Å². The number of rotatable bonds is 1. The first kappa shape index (κ1) is 9.71. The second kappa shape index (κ2) is 3.73. The fourth-order valence-electron chi connectivity index (χ4n) is 1.38. The van der Waals surface area contributed by atoms with Gasteiger partial charge in [0, 0.05) is 11.6 Å². The van der Waals surface area contributed by atoms with Crippen molar-refractivity contribution in [1.82, 2.24) is 4.98 Å². The highest BCUT2D eigenvalue weighted by Crippen LogP contribution is 2.12. The molecule has 0 bridgehead atoms. The Balaban J connectivity index is 2.59. The van der Waals surface area contributed by atoms with Crippen LogP contribution in [0.2, 0.25) is 0 Å². The first-order valence-electron chi connectivity index (χ1n) is 4.44. The molecule has 1 aromatic heterocycles. The van der Waals surface area contributed by atoms with Crippen LogP contribution in [0.25, 0.3) is 10.9 Å². The number of methoxy groups -OCH3 is 1. The quantitative estimate of drug-likeness (QED) is 0.501. The van der Waals surface area contributed by atoms with Gasteiger partial charge in [-0.3, -0.25) is 4.98 Å². The van der Waals surface area contributed by atoms with Crippen LogP contribution in [-0.2, 0) is 4.74 Å². The highest BCUT2D eigenvalue weighted by atomic mass is 16.5. The molecule has 0 saturated carbocycles. The van der Waals surface area contributed by atoms with Gasteiger partial charge in [0.25, 0.3) is 0 Å². The monoisotopic (exact) mass is 197 g/mol. The minimum atomic E-state index is -0.396. The van der Waals surface area contributed by atoms with E-state index in [0.717, 1.165) is 10.9 Å². The summed E-state index contributed by atoms with van der Waals surface area (Å²) in [6.45, 7) is 0. The number of hydrogen-bond acceptors (Lipinski definition) is 3. The number of pyridine rings is 1. The van der Waals surface area contributed by atoms with Gasteiger partial charge in [-0.2, -0.15) is 0 Å². The molecule has 1 heterocycles. The highest BCUT2D eigenvalue weighted by Gasteiger charge is 2.06. The lowest BCUT2D eigenvalue weighted by molar-refractivity contribution is 0.0600. The summed E-state index contributed by atoms with van der Waals surface area (Å²) >= 11 is 0. The Hall–Kier alpha value is -1.84. The zero-order chi connectivity index (χ0) is 10.8. The number of esters is 1. The second-order valence-electron chi connectivity index (χ2n) is 3.17. The van der Waals surface area contributed by atoms with E-state index in [1.165, 1.54) is 13.3 Å². The molecule has 0 atom stereocenters. The predicted molar refractivity (Wildman–Crippen MR) is 58.5 cm³/mol. The average molecular weight is 197 g/mol. The molecule has 0 amide bonds. The minimum Gasteiger partial charge on any atom is -0.465 e. The van der Waals surface area contributed by atoms with E-state index in [4.69, 9.17) is 7.85 Å². The van der Waals surface area contributed by atoms with E-state index in [1.807, 2.05) is 6.07 Å². The smallest absolute Gasteiger partial charge is 0.339 e.